The highest BCUT2D eigenvalue weighted by atomic mass is 32.2. The summed E-state index contributed by atoms with van der Waals surface area (Å²) < 4.78 is 47.4. The first-order valence-corrected chi connectivity index (χ1v) is 22.7. The molecule has 58 heavy (non-hydrogen) atoms. The number of hydrogen-bond acceptors (Lipinski definition) is 11. The van der Waals surface area contributed by atoms with Crippen LogP contribution in [0.15, 0.2) is 35.1 Å². The Morgan fingerprint density at radius 1 is 0.983 bits per heavy atom. The van der Waals surface area contributed by atoms with Crippen molar-refractivity contribution in [2.75, 3.05) is 13.7 Å². The molecule has 1 aromatic heterocycles. The van der Waals surface area contributed by atoms with E-state index in [2.05, 4.69) is 10.0 Å². The summed E-state index contributed by atoms with van der Waals surface area (Å²) in [6.45, 7) is 1.99. The van der Waals surface area contributed by atoms with Gasteiger partial charge in [0.2, 0.25) is 21.8 Å². The lowest BCUT2D eigenvalue weighted by molar-refractivity contribution is -0.156. The van der Waals surface area contributed by atoms with Crippen LogP contribution in [0.1, 0.15) is 103 Å². The lowest BCUT2D eigenvalue weighted by atomic mass is 9.86. The van der Waals surface area contributed by atoms with E-state index in [-0.39, 0.29) is 73.7 Å². The minimum absolute atomic E-state index is 0.000117. The molecule has 314 valence electrons. The van der Waals surface area contributed by atoms with Crippen molar-refractivity contribution in [3.63, 3.8) is 0 Å². The van der Waals surface area contributed by atoms with Gasteiger partial charge in [-0.15, -0.1) is 0 Å². The van der Waals surface area contributed by atoms with Crippen molar-refractivity contribution in [3.8, 4) is 11.8 Å². The summed E-state index contributed by atoms with van der Waals surface area (Å²) in [5, 5.41) is 2.66. The van der Waals surface area contributed by atoms with Crippen molar-refractivity contribution in [1.29, 1.82) is 0 Å². The Morgan fingerprint density at radius 3 is 2.48 bits per heavy atom. The first kappa shape index (κ1) is 40.3. The fraction of sp³-hybridized carbons (Fsp3) is 0.667. The quantitative estimate of drug-likeness (QED) is 0.290. The average Bonchev–Trinajstić information content (AvgIpc) is 3.99. The third-order valence-corrected chi connectivity index (χ3v) is 15.3. The van der Waals surface area contributed by atoms with E-state index in [0.717, 1.165) is 57.8 Å². The summed E-state index contributed by atoms with van der Waals surface area (Å²) in [4.78, 5) is 77.2. The Bertz CT molecular complexity index is 2150. The van der Waals surface area contributed by atoms with Gasteiger partial charge in [0, 0.05) is 19.0 Å². The number of ether oxygens (including phenoxy) is 3. The van der Waals surface area contributed by atoms with Crippen LogP contribution in [0.4, 0.5) is 0 Å². The Kier molecular flexibility index (Phi) is 11.3. The van der Waals surface area contributed by atoms with Crippen LogP contribution in [0.25, 0.3) is 10.9 Å². The van der Waals surface area contributed by atoms with Crippen LogP contribution < -0.4 is 25.1 Å². The number of nitrogens with one attached hydrogen (secondary N) is 2. The molecule has 1 saturated heterocycles. The zero-order valence-corrected chi connectivity index (χ0v) is 34.2. The zero-order valence-electron chi connectivity index (χ0n) is 33.4. The summed E-state index contributed by atoms with van der Waals surface area (Å²) in [6, 6.07) is 3.91. The minimum atomic E-state index is -3.89. The molecular formula is C42H55N5O10S. The lowest BCUT2D eigenvalue weighted by Crippen LogP contribution is -2.57. The fourth-order valence-corrected chi connectivity index (χ4v) is 11.3. The SMILES string of the molecule is CC[C@H]1C[C@]1(NC(=O)[C@@H]1C[C@@H]2CN1C(=O)[C@H](C1CCCC1)CC(=O)O[C@@H]1CCC[C@H]1CC/C=C/Cn1c(nc3cc(OC)ccc3c1=O)O2)C(=O)NS(=O)(=O)C1CC1. The number of hydrogen-bond donors (Lipinski definition) is 2. The van der Waals surface area contributed by atoms with E-state index in [1.165, 1.54) is 16.6 Å². The van der Waals surface area contributed by atoms with E-state index in [1.807, 2.05) is 19.1 Å². The molecule has 3 heterocycles. The second kappa shape index (κ2) is 16.3. The summed E-state index contributed by atoms with van der Waals surface area (Å²) >= 11 is 0. The Balaban J connectivity index is 1.15. The van der Waals surface area contributed by atoms with Crippen molar-refractivity contribution in [3.05, 3.63) is 40.7 Å². The number of aromatic nitrogens is 2. The maximum atomic E-state index is 15.0. The van der Waals surface area contributed by atoms with E-state index in [1.54, 1.807) is 18.2 Å². The Hall–Kier alpha value is -4.47. The monoisotopic (exact) mass is 821 g/mol. The molecular weight excluding hydrogens is 767 g/mol. The van der Waals surface area contributed by atoms with Crippen LogP contribution in [-0.4, -0.2) is 89.3 Å². The second-order valence-corrected chi connectivity index (χ2v) is 19.2. The number of benzene rings is 1. The Morgan fingerprint density at radius 2 is 1.76 bits per heavy atom. The van der Waals surface area contributed by atoms with Crippen molar-refractivity contribution in [2.24, 2.45) is 23.7 Å². The molecule has 5 fully saturated rings. The highest BCUT2D eigenvalue weighted by Gasteiger charge is 2.62. The maximum Gasteiger partial charge on any atom is 0.306 e. The molecule has 0 radical (unpaired) electrons. The van der Waals surface area contributed by atoms with Gasteiger partial charge in [0.25, 0.3) is 17.5 Å². The fourth-order valence-electron chi connectivity index (χ4n) is 9.90. The molecule has 2 aromatic rings. The van der Waals surface area contributed by atoms with Gasteiger partial charge in [0.1, 0.15) is 29.5 Å². The molecule has 3 amide bonds. The second-order valence-electron chi connectivity index (χ2n) is 17.2. The highest BCUT2D eigenvalue weighted by molar-refractivity contribution is 7.91. The normalized spacial score (nSPS) is 31.3. The van der Waals surface area contributed by atoms with E-state index >= 15 is 0 Å². The van der Waals surface area contributed by atoms with Crippen LogP contribution in [0.2, 0.25) is 0 Å². The summed E-state index contributed by atoms with van der Waals surface area (Å²) in [5.74, 6) is -2.60. The minimum Gasteiger partial charge on any atom is -0.497 e. The summed E-state index contributed by atoms with van der Waals surface area (Å²) in [6.07, 6.45) is 12.0. The molecule has 8 rings (SSSR count). The van der Waals surface area contributed by atoms with Crippen molar-refractivity contribution < 1.29 is 41.8 Å². The summed E-state index contributed by atoms with van der Waals surface area (Å²) in [5.41, 5.74) is -1.41. The lowest BCUT2D eigenvalue weighted by Gasteiger charge is -2.32. The highest BCUT2D eigenvalue weighted by Crippen LogP contribution is 2.47. The Labute approximate surface area is 338 Å². The average molecular weight is 822 g/mol. The van der Waals surface area contributed by atoms with Gasteiger partial charge in [-0.25, -0.2) is 8.42 Å². The first-order chi connectivity index (χ1) is 27.9. The van der Waals surface area contributed by atoms with Crippen LogP contribution in [0.5, 0.6) is 11.8 Å². The molecule has 4 saturated carbocycles. The van der Waals surface area contributed by atoms with Crippen LogP contribution in [0, 0.1) is 23.7 Å². The number of fused-ring (bicyclic) bond motifs is 5. The third kappa shape index (κ3) is 8.09. The van der Waals surface area contributed by atoms with Crippen LogP contribution in [-0.2, 0) is 40.5 Å². The molecule has 0 unspecified atom stereocenters. The molecule has 1 aromatic carbocycles. The van der Waals surface area contributed by atoms with Gasteiger partial charge < -0.3 is 24.4 Å². The van der Waals surface area contributed by atoms with E-state index in [4.69, 9.17) is 19.2 Å². The number of allylic oxidation sites excluding steroid dienone is 2. The van der Waals surface area contributed by atoms with Gasteiger partial charge in [-0.2, -0.15) is 4.98 Å². The number of sulfonamides is 1. The van der Waals surface area contributed by atoms with Gasteiger partial charge in [-0.05, 0) is 94.1 Å². The van der Waals surface area contributed by atoms with Crippen molar-refractivity contribution in [1.82, 2.24) is 24.5 Å². The van der Waals surface area contributed by atoms with Crippen molar-refractivity contribution >= 4 is 44.6 Å². The molecule has 15 nitrogen and oxygen atoms in total. The molecule has 16 heteroatoms. The predicted octanol–water partition coefficient (Wildman–Crippen LogP) is 3.91. The van der Waals surface area contributed by atoms with Crippen molar-refractivity contribution in [2.45, 2.75) is 139 Å². The number of amides is 3. The molecule has 7 atom stereocenters. The molecule has 2 bridgehead atoms. The number of carbonyl (C=O) groups excluding carboxylic acids is 4. The largest absolute Gasteiger partial charge is 0.497 e. The number of rotatable bonds is 8. The van der Waals surface area contributed by atoms with E-state index in [9.17, 15) is 32.4 Å². The molecule has 4 aliphatic carbocycles. The molecule has 6 aliphatic rings. The molecule has 2 N–H and O–H groups in total. The topological polar surface area (TPSA) is 192 Å². The van der Waals surface area contributed by atoms with Gasteiger partial charge in [0.15, 0.2) is 0 Å². The van der Waals surface area contributed by atoms with Gasteiger partial charge in [-0.1, -0.05) is 38.3 Å². The number of esters is 1. The third-order valence-electron chi connectivity index (χ3n) is 13.5. The number of nitrogens with zero attached hydrogens (tertiary/aromatic N) is 3. The summed E-state index contributed by atoms with van der Waals surface area (Å²) in [7, 11) is -2.36. The van der Waals surface area contributed by atoms with Gasteiger partial charge >= 0.3 is 5.97 Å². The van der Waals surface area contributed by atoms with E-state index < -0.39 is 56.7 Å². The number of carbonyl (C=O) groups is 4. The predicted molar refractivity (Wildman–Crippen MR) is 212 cm³/mol. The molecule has 2 aliphatic heterocycles. The standard InChI is InChI=1S/C42H55N5O10S/c1-3-27-23-42(27,40(52)45-58(53,54)30-16-17-30)44-37(49)34-21-29-24-47(34)39(51)32(25-10-6-7-11-25)22-36(48)57-35-14-9-13-26(35)12-5-4-8-19-46-38(50)31-18-15-28(55-2)20-33(31)43-41(46)56-29/h4,8,15,18,20,25-27,29-30,32,34-35H,3,5-7,9-14,16-17,19,21-24H2,1-2H3,(H,44,49)(H,45,52)/b8-4+/t26-,27+,29-,32+,34+,35-,42-/m1/s1. The van der Waals surface area contributed by atoms with Gasteiger partial charge in [0.05, 0.1) is 42.1 Å². The smallest absolute Gasteiger partial charge is 0.306 e. The van der Waals surface area contributed by atoms with Crippen LogP contribution >= 0.6 is 0 Å². The number of methoxy groups -OCH3 is 1. The van der Waals surface area contributed by atoms with Gasteiger partial charge in [-0.3, -0.25) is 33.3 Å². The first-order valence-electron chi connectivity index (χ1n) is 21.2. The zero-order chi connectivity index (χ0) is 40.8. The molecule has 0 spiro atoms. The van der Waals surface area contributed by atoms with E-state index in [0.29, 0.717) is 35.9 Å². The maximum absolute atomic E-state index is 15.0. The van der Waals surface area contributed by atoms with Crippen LogP contribution in [0.3, 0.4) is 0 Å².